The van der Waals surface area contributed by atoms with Crippen molar-refractivity contribution in [1.82, 2.24) is 0 Å². The SMILES string of the molecule is CCC#C[C@H]1CC(=O)O1. The van der Waals surface area contributed by atoms with E-state index in [9.17, 15) is 4.79 Å². The van der Waals surface area contributed by atoms with Crippen molar-refractivity contribution >= 4 is 5.97 Å². The summed E-state index contributed by atoms with van der Waals surface area (Å²) in [4.78, 5) is 10.2. The predicted molar refractivity (Wildman–Crippen MR) is 32.6 cm³/mol. The Kier molecular flexibility index (Phi) is 1.74. The summed E-state index contributed by atoms with van der Waals surface area (Å²) in [6, 6.07) is 0. The quantitative estimate of drug-likeness (QED) is 0.351. The highest BCUT2D eigenvalue weighted by molar-refractivity contribution is 5.76. The Morgan fingerprint density at radius 2 is 2.56 bits per heavy atom. The molecule has 1 heterocycles. The summed E-state index contributed by atoms with van der Waals surface area (Å²) in [6.07, 6.45) is 1.21. The van der Waals surface area contributed by atoms with Crippen molar-refractivity contribution in [2.75, 3.05) is 0 Å². The molecule has 0 aromatic rings. The van der Waals surface area contributed by atoms with E-state index in [1.165, 1.54) is 0 Å². The second kappa shape index (κ2) is 2.54. The standard InChI is InChI=1S/C7H8O2/c1-2-3-4-6-5-7(8)9-6/h6H,2,5H2,1H3/t6-/m0/s1. The highest BCUT2D eigenvalue weighted by atomic mass is 16.6. The molecule has 0 aromatic carbocycles. The lowest BCUT2D eigenvalue weighted by Crippen LogP contribution is -2.31. The van der Waals surface area contributed by atoms with E-state index in [1.54, 1.807) is 0 Å². The number of hydrogen-bond acceptors (Lipinski definition) is 2. The summed E-state index contributed by atoms with van der Waals surface area (Å²) in [7, 11) is 0. The third-order valence-electron chi connectivity index (χ3n) is 1.07. The van der Waals surface area contributed by atoms with Crippen LogP contribution in [0.2, 0.25) is 0 Å². The van der Waals surface area contributed by atoms with Gasteiger partial charge in [-0.25, -0.2) is 0 Å². The van der Waals surface area contributed by atoms with Crippen LogP contribution in [0.25, 0.3) is 0 Å². The smallest absolute Gasteiger partial charge is 0.311 e. The van der Waals surface area contributed by atoms with Crippen molar-refractivity contribution in [3.05, 3.63) is 0 Å². The molecule has 1 fully saturated rings. The molecule has 1 rings (SSSR count). The van der Waals surface area contributed by atoms with Gasteiger partial charge >= 0.3 is 5.97 Å². The summed E-state index contributed by atoms with van der Waals surface area (Å²) < 4.78 is 4.63. The molecule has 2 heteroatoms. The van der Waals surface area contributed by atoms with Crippen molar-refractivity contribution in [3.8, 4) is 11.8 Å². The van der Waals surface area contributed by atoms with E-state index in [0.717, 1.165) is 6.42 Å². The Hall–Kier alpha value is -0.970. The average molecular weight is 124 g/mol. The normalized spacial score (nSPS) is 23.2. The van der Waals surface area contributed by atoms with Crippen LogP contribution in [0.3, 0.4) is 0 Å². The van der Waals surface area contributed by atoms with Crippen LogP contribution in [0, 0.1) is 11.8 Å². The molecule has 0 saturated carbocycles. The molecular weight excluding hydrogens is 116 g/mol. The molecule has 1 aliphatic rings. The van der Waals surface area contributed by atoms with Crippen LogP contribution in [-0.2, 0) is 9.53 Å². The molecule has 0 amide bonds. The van der Waals surface area contributed by atoms with Crippen molar-refractivity contribution in [3.63, 3.8) is 0 Å². The third kappa shape index (κ3) is 1.46. The summed E-state index contributed by atoms with van der Waals surface area (Å²) in [5.74, 6) is 5.52. The van der Waals surface area contributed by atoms with Gasteiger partial charge in [-0.3, -0.25) is 4.79 Å². The number of rotatable bonds is 0. The van der Waals surface area contributed by atoms with Gasteiger partial charge in [-0.15, -0.1) is 0 Å². The number of ether oxygens (including phenoxy) is 1. The zero-order chi connectivity index (χ0) is 6.69. The number of carbonyl (C=O) groups excluding carboxylic acids is 1. The Morgan fingerprint density at radius 1 is 1.89 bits per heavy atom. The maximum absolute atomic E-state index is 10.2. The van der Waals surface area contributed by atoms with E-state index < -0.39 is 0 Å². The summed E-state index contributed by atoms with van der Waals surface area (Å²) in [5.41, 5.74) is 0. The Morgan fingerprint density at radius 3 is 3.00 bits per heavy atom. The second-order valence-electron chi connectivity index (χ2n) is 1.86. The molecule has 0 bridgehead atoms. The Labute approximate surface area is 54.2 Å². The lowest BCUT2D eigenvalue weighted by Gasteiger charge is -2.19. The second-order valence-corrected chi connectivity index (χ2v) is 1.86. The van der Waals surface area contributed by atoms with Crippen LogP contribution in [0.1, 0.15) is 19.8 Å². The minimum absolute atomic E-state index is 0.0996. The van der Waals surface area contributed by atoms with Crippen LogP contribution >= 0.6 is 0 Å². The Bertz CT molecular complexity index is 165. The van der Waals surface area contributed by atoms with Crippen LogP contribution in [0.5, 0.6) is 0 Å². The van der Waals surface area contributed by atoms with E-state index in [4.69, 9.17) is 0 Å². The lowest BCUT2D eigenvalue weighted by molar-refractivity contribution is -0.163. The summed E-state index contributed by atoms with van der Waals surface area (Å²) >= 11 is 0. The van der Waals surface area contributed by atoms with E-state index in [2.05, 4.69) is 16.6 Å². The van der Waals surface area contributed by atoms with Gasteiger partial charge in [-0.1, -0.05) is 18.8 Å². The maximum atomic E-state index is 10.2. The molecule has 2 nitrogen and oxygen atoms in total. The monoisotopic (exact) mass is 124 g/mol. The molecule has 1 aliphatic heterocycles. The van der Waals surface area contributed by atoms with Gasteiger partial charge in [0, 0.05) is 6.42 Å². The average Bonchev–Trinajstić information content (AvgIpc) is 1.78. The van der Waals surface area contributed by atoms with E-state index in [-0.39, 0.29) is 12.1 Å². The maximum Gasteiger partial charge on any atom is 0.311 e. The van der Waals surface area contributed by atoms with Crippen LogP contribution in [0.4, 0.5) is 0 Å². The minimum Gasteiger partial charge on any atom is -0.448 e. The molecule has 0 aromatic heterocycles. The topological polar surface area (TPSA) is 26.3 Å². The molecule has 9 heavy (non-hydrogen) atoms. The van der Waals surface area contributed by atoms with E-state index >= 15 is 0 Å². The fraction of sp³-hybridized carbons (Fsp3) is 0.571. The van der Waals surface area contributed by atoms with Gasteiger partial charge in [0.1, 0.15) is 0 Å². The Balaban J connectivity index is 2.25. The molecular formula is C7H8O2. The molecule has 0 unspecified atom stereocenters. The molecule has 1 saturated heterocycles. The highest BCUT2D eigenvalue weighted by Gasteiger charge is 2.25. The van der Waals surface area contributed by atoms with Crippen LogP contribution in [-0.4, -0.2) is 12.1 Å². The first kappa shape index (κ1) is 6.15. The zero-order valence-electron chi connectivity index (χ0n) is 5.31. The van der Waals surface area contributed by atoms with Crippen molar-refractivity contribution in [1.29, 1.82) is 0 Å². The van der Waals surface area contributed by atoms with Gasteiger partial charge in [0.05, 0.1) is 6.42 Å². The number of hydrogen-bond donors (Lipinski definition) is 0. The fourth-order valence-electron chi connectivity index (χ4n) is 0.597. The van der Waals surface area contributed by atoms with Gasteiger partial charge in [-0.2, -0.15) is 0 Å². The molecule has 0 N–H and O–H groups in total. The molecule has 1 atom stereocenters. The predicted octanol–water partition coefficient (Wildman–Crippen LogP) is 0.715. The first-order valence-electron chi connectivity index (χ1n) is 3.01. The van der Waals surface area contributed by atoms with Crippen molar-refractivity contribution < 1.29 is 9.53 Å². The molecule has 0 aliphatic carbocycles. The van der Waals surface area contributed by atoms with Gasteiger partial charge in [0.2, 0.25) is 0 Å². The first-order chi connectivity index (χ1) is 4.33. The van der Waals surface area contributed by atoms with Crippen molar-refractivity contribution in [2.24, 2.45) is 0 Å². The molecule has 0 radical (unpaired) electrons. The fourth-order valence-corrected chi connectivity index (χ4v) is 0.597. The highest BCUT2D eigenvalue weighted by Crippen LogP contribution is 2.10. The largest absolute Gasteiger partial charge is 0.448 e. The molecule has 48 valence electrons. The molecule has 0 spiro atoms. The first-order valence-corrected chi connectivity index (χ1v) is 3.01. The van der Waals surface area contributed by atoms with Crippen LogP contribution < -0.4 is 0 Å². The van der Waals surface area contributed by atoms with E-state index in [1.807, 2.05) is 6.92 Å². The van der Waals surface area contributed by atoms with Crippen LogP contribution in [0.15, 0.2) is 0 Å². The van der Waals surface area contributed by atoms with Gasteiger partial charge in [0.15, 0.2) is 6.10 Å². The number of esters is 1. The third-order valence-corrected chi connectivity index (χ3v) is 1.07. The van der Waals surface area contributed by atoms with E-state index in [0.29, 0.717) is 6.42 Å². The number of carbonyl (C=O) groups is 1. The van der Waals surface area contributed by atoms with Gasteiger partial charge in [0.25, 0.3) is 0 Å². The minimum atomic E-state index is -0.134. The lowest BCUT2D eigenvalue weighted by atomic mass is 10.2. The van der Waals surface area contributed by atoms with Crippen molar-refractivity contribution in [2.45, 2.75) is 25.9 Å². The van der Waals surface area contributed by atoms with Gasteiger partial charge < -0.3 is 4.74 Å². The summed E-state index contributed by atoms with van der Waals surface area (Å²) in [6.45, 7) is 1.97. The summed E-state index contributed by atoms with van der Waals surface area (Å²) in [5, 5.41) is 0. The number of cyclic esters (lactones) is 1. The zero-order valence-corrected chi connectivity index (χ0v) is 5.31. The van der Waals surface area contributed by atoms with Gasteiger partial charge in [-0.05, 0) is 0 Å².